The summed E-state index contributed by atoms with van der Waals surface area (Å²) < 4.78 is 2.22. The lowest BCUT2D eigenvalue weighted by Crippen LogP contribution is -2.47. The van der Waals surface area contributed by atoms with Gasteiger partial charge in [-0.3, -0.25) is 14.4 Å². The third kappa shape index (κ3) is 5.97. The SMILES string of the molecule is CN(C)C(=O)c1nn(CC2CCCCC2)c2c1CC(NC1CCN(Cc3ccccc3)CC1)CC2. The number of rotatable bonds is 7. The van der Waals surface area contributed by atoms with Crippen molar-refractivity contribution in [3.8, 4) is 0 Å². The summed E-state index contributed by atoms with van der Waals surface area (Å²) in [5.41, 5.74) is 4.65. The minimum absolute atomic E-state index is 0.0542. The zero-order valence-electron chi connectivity index (χ0n) is 21.7. The van der Waals surface area contributed by atoms with Crippen molar-refractivity contribution in [1.82, 2.24) is 24.9 Å². The van der Waals surface area contributed by atoms with Gasteiger partial charge in [-0.15, -0.1) is 0 Å². The lowest BCUT2D eigenvalue weighted by molar-refractivity contribution is 0.0819. The zero-order chi connectivity index (χ0) is 24.2. The monoisotopic (exact) mass is 477 g/mol. The van der Waals surface area contributed by atoms with Crippen LogP contribution in [0.4, 0.5) is 0 Å². The van der Waals surface area contributed by atoms with E-state index < -0.39 is 0 Å². The molecule has 2 fully saturated rings. The molecular formula is C29H43N5O. The van der Waals surface area contributed by atoms with Gasteiger partial charge < -0.3 is 10.2 Å². The van der Waals surface area contributed by atoms with E-state index in [1.54, 1.807) is 4.90 Å². The van der Waals surface area contributed by atoms with Crippen molar-refractivity contribution in [3.63, 3.8) is 0 Å². The van der Waals surface area contributed by atoms with Gasteiger partial charge in [-0.05, 0) is 69.5 Å². The number of amides is 1. The van der Waals surface area contributed by atoms with Crippen molar-refractivity contribution >= 4 is 5.91 Å². The highest BCUT2D eigenvalue weighted by Crippen LogP contribution is 2.30. The van der Waals surface area contributed by atoms with Gasteiger partial charge in [-0.2, -0.15) is 5.10 Å². The Balaban J connectivity index is 1.21. The Kier molecular flexibility index (Phi) is 7.88. The average molecular weight is 478 g/mol. The van der Waals surface area contributed by atoms with E-state index in [4.69, 9.17) is 5.10 Å². The molecule has 1 aromatic carbocycles. The van der Waals surface area contributed by atoms with E-state index in [1.807, 2.05) is 14.1 Å². The first kappa shape index (κ1) is 24.5. The number of nitrogens with one attached hydrogen (secondary N) is 1. The Morgan fingerprint density at radius 3 is 2.46 bits per heavy atom. The molecule has 6 heteroatoms. The number of hydrogen-bond donors (Lipinski definition) is 1. The Bertz CT molecular complexity index is 970. The molecule has 1 saturated heterocycles. The maximum Gasteiger partial charge on any atom is 0.274 e. The first-order chi connectivity index (χ1) is 17.1. The number of aromatic nitrogens is 2. The highest BCUT2D eigenvalue weighted by atomic mass is 16.2. The van der Waals surface area contributed by atoms with Crippen molar-refractivity contribution in [2.24, 2.45) is 5.92 Å². The molecule has 0 spiro atoms. The van der Waals surface area contributed by atoms with E-state index in [2.05, 4.69) is 45.2 Å². The molecular weight excluding hydrogens is 434 g/mol. The number of likely N-dealkylation sites (tertiary alicyclic amines) is 1. The van der Waals surface area contributed by atoms with E-state index in [0.29, 0.717) is 23.7 Å². The van der Waals surface area contributed by atoms with Gasteiger partial charge in [0.2, 0.25) is 0 Å². The second-order valence-corrected chi connectivity index (χ2v) is 11.3. The summed E-state index contributed by atoms with van der Waals surface area (Å²) in [6.45, 7) is 4.33. The third-order valence-corrected chi connectivity index (χ3v) is 8.42. The normalized spacial score (nSPS) is 22.2. The largest absolute Gasteiger partial charge is 0.343 e. The van der Waals surface area contributed by atoms with Crippen molar-refractivity contribution in [1.29, 1.82) is 0 Å². The number of carbonyl (C=O) groups excluding carboxylic acids is 1. The fraction of sp³-hybridized carbons (Fsp3) is 0.655. The van der Waals surface area contributed by atoms with Crippen LogP contribution in [-0.4, -0.2) is 64.8 Å². The molecule has 0 radical (unpaired) electrons. The smallest absolute Gasteiger partial charge is 0.274 e. The molecule has 1 aliphatic heterocycles. The molecule has 1 saturated carbocycles. The number of fused-ring (bicyclic) bond motifs is 1. The number of hydrogen-bond acceptors (Lipinski definition) is 4. The maximum atomic E-state index is 13.0. The van der Waals surface area contributed by atoms with Gasteiger partial charge >= 0.3 is 0 Å². The van der Waals surface area contributed by atoms with Gasteiger partial charge in [-0.25, -0.2) is 0 Å². The average Bonchev–Trinajstić information content (AvgIpc) is 3.23. The predicted octanol–water partition coefficient (Wildman–Crippen LogP) is 4.28. The van der Waals surface area contributed by atoms with Gasteiger partial charge in [0.1, 0.15) is 0 Å². The number of piperidine rings is 1. The molecule has 1 aromatic heterocycles. The summed E-state index contributed by atoms with van der Waals surface area (Å²) in [7, 11) is 3.69. The van der Waals surface area contributed by atoms with Gasteiger partial charge in [-0.1, -0.05) is 49.6 Å². The van der Waals surface area contributed by atoms with E-state index >= 15 is 0 Å². The Morgan fingerprint density at radius 1 is 1.00 bits per heavy atom. The fourth-order valence-corrected chi connectivity index (χ4v) is 6.41. The molecule has 2 heterocycles. The predicted molar refractivity (Wildman–Crippen MR) is 141 cm³/mol. The second-order valence-electron chi connectivity index (χ2n) is 11.3. The molecule has 6 nitrogen and oxygen atoms in total. The molecule has 0 bridgehead atoms. The summed E-state index contributed by atoms with van der Waals surface area (Å²) >= 11 is 0. The Labute approximate surface area is 211 Å². The molecule has 1 amide bonds. The van der Waals surface area contributed by atoms with Crippen LogP contribution in [0.1, 0.15) is 78.7 Å². The van der Waals surface area contributed by atoms with Crippen molar-refractivity contribution in [3.05, 3.63) is 52.8 Å². The van der Waals surface area contributed by atoms with Crippen LogP contribution in [0.5, 0.6) is 0 Å². The molecule has 2 aliphatic carbocycles. The fourth-order valence-electron chi connectivity index (χ4n) is 6.41. The van der Waals surface area contributed by atoms with E-state index in [9.17, 15) is 4.79 Å². The van der Waals surface area contributed by atoms with Crippen LogP contribution in [0.25, 0.3) is 0 Å². The third-order valence-electron chi connectivity index (χ3n) is 8.42. The summed E-state index contributed by atoms with van der Waals surface area (Å²) in [5, 5.41) is 8.91. The first-order valence-corrected chi connectivity index (χ1v) is 13.9. The van der Waals surface area contributed by atoms with Crippen LogP contribution in [-0.2, 0) is 25.9 Å². The number of benzene rings is 1. The van der Waals surface area contributed by atoms with Crippen LogP contribution >= 0.6 is 0 Å². The minimum Gasteiger partial charge on any atom is -0.343 e. The van der Waals surface area contributed by atoms with Gasteiger partial charge in [0.05, 0.1) is 0 Å². The Hall–Kier alpha value is -2.18. The van der Waals surface area contributed by atoms with Crippen LogP contribution in [0.2, 0.25) is 0 Å². The van der Waals surface area contributed by atoms with Crippen LogP contribution < -0.4 is 5.32 Å². The quantitative estimate of drug-likeness (QED) is 0.647. The topological polar surface area (TPSA) is 53.4 Å². The Morgan fingerprint density at radius 2 is 1.74 bits per heavy atom. The van der Waals surface area contributed by atoms with Gasteiger partial charge in [0.25, 0.3) is 5.91 Å². The lowest BCUT2D eigenvalue weighted by Gasteiger charge is -2.36. The van der Waals surface area contributed by atoms with Crippen LogP contribution in [0.15, 0.2) is 30.3 Å². The maximum absolute atomic E-state index is 13.0. The molecule has 2 aromatic rings. The van der Waals surface area contributed by atoms with Crippen molar-refractivity contribution in [2.75, 3.05) is 27.2 Å². The summed E-state index contributed by atoms with van der Waals surface area (Å²) in [5.74, 6) is 0.769. The summed E-state index contributed by atoms with van der Waals surface area (Å²) in [6.07, 6.45) is 12.2. The molecule has 1 atom stereocenters. The second kappa shape index (κ2) is 11.3. The van der Waals surface area contributed by atoms with Crippen LogP contribution in [0, 0.1) is 5.92 Å². The van der Waals surface area contributed by atoms with Crippen LogP contribution in [0.3, 0.4) is 0 Å². The lowest BCUT2D eigenvalue weighted by atomic mass is 9.88. The van der Waals surface area contributed by atoms with Crippen molar-refractivity contribution < 1.29 is 4.79 Å². The molecule has 35 heavy (non-hydrogen) atoms. The van der Waals surface area contributed by atoms with Gasteiger partial charge in [0.15, 0.2) is 5.69 Å². The molecule has 5 rings (SSSR count). The first-order valence-electron chi connectivity index (χ1n) is 13.9. The molecule has 190 valence electrons. The van der Waals surface area contributed by atoms with E-state index in [-0.39, 0.29) is 5.91 Å². The van der Waals surface area contributed by atoms with E-state index in [1.165, 1.54) is 61.8 Å². The van der Waals surface area contributed by atoms with Gasteiger partial charge in [0, 0.05) is 50.5 Å². The highest BCUT2D eigenvalue weighted by Gasteiger charge is 2.32. The standard InChI is InChI=1S/C29H43N5O/c1-32(2)29(35)28-26-19-25(13-14-27(26)34(31-28)21-23-11-7-4-8-12-23)30-24-15-17-33(18-16-24)20-22-9-5-3-6-10-22/h3,5-6,9-10,23-25,30H,4,7-8,11-21H2,1-2H3. The minimum atomic E-state index is 0.0542. The van der Waals surface area contributed by atoms with Crippen molar-refractivity contribution in [2.45, 2.75) is 89.4 Å². The number of nitrogens with zero attached hydrogens (tertiary/aromatic N) is 4. The van der Waals surface area contributed by atoms with E-state index in [0.717, 1.165) is 45.4 Å². The molecule has 1 N–H and O–H groups in total. The molecule has 1 unspecified atom stereocenters. The highest BCUT2D eigenvalue weighted by molar-refractivity contribution is 5.93. The zero-order valence-corrected chi connectivity index (χ0v) is 21.7. The number of carbonyl (C=O) groups is 1. The summed E-state index contributed by atoms with van der Waals surface area (Å²) in [4.78, 5) is 17.3. The molecule has 3 aliphatic rings. The summed E-state index contributed by atoms with van der Waals surface area (Å²) in [6, 6.07) is 11.8.